The minimum absolute atomic E-state index is 0.113. The van der Waals surface area contributed by atoms with E-state index < -0.39 is 6.04 Å². The normalized spacial score (nSPS) is 21.1. The largest absolute Gasteiger partial charge is 0.336 e. The number of amides is 4. The number of hydrogen-bond acceptors (Lipinski definition) is 4. The van der Waals surface area contributed by atoms with E-state index in [1.165, 1.54) is 0 Å². The van der Waals surface area contributed by atoms with Gasteiger partial charge in [0.2, 0.25) is 5.91 Å². The summed E-state index contributed by atoms with van der Waals surface area (Å²) in [7, 11) is 0. The zero-order valence-electron chi connectivity index (χ0n) is 11.1. The Morgan fingerprint density at radius 2 is 2.05 bits per heavy atom. The number of carbonyl (C=O) groups excluding carboxylic acids is 3. The summed E-state index contributed by atoms with van der Waals surface area (Å²) in [5.41, 5.74) is 1.42. The molecule has 0 aliphatic carbocycles. The van der Waals surface area contributed by atoms with Crippen molar-refractivity contribution in [1.29, 1.82) is 0 Å². The Bertz CT molecular complexity index is 590. The third-order valence-corrected chi connectivity index (χ3v) is 4.17. The van der Waals surface area contributed by atoms with Crippen LogP contribution in [0.2, 0.25) is 0 Å². The Kier molecular flexibility index (Phi) is 3.70. The van der Waals surface area contributed by atoms with Crippen molar-refractivity contribution in [3.8, 4) is 0 Å². The van der Waals surface area contributed by atoms with Crippen LogP contribution in [-0.2, 0) is 4.79 Å². The molecule has 2 aliphatic heterocycles. The van der Waals surface area contributed by atoms with Crippen molar-refractivity contribution in [3.05, 3.63) is 24.3 Å². The molecule has 21 heavy (non-hydrogen) atoms. The molecule has 4 amide bonds. The second kappa shape index (κ2) is 5.65. The predicted molar refractivity (Wildman–Crippen MR) is 80.6 cm³/mol. The van der Waals surface area contributed by atoms with Gasteiger partial charge >= 0.3 is 6.03 Å². The Hall–Kier alpha value is -2.22. The van der Waals surface area contributed by atoms with E-state index in [1.807, 2.05) is 0 Å². The highest BCUT2D eigenvalue weighted by atomic mass is 32.2. The molecular weight excluding hydrogens is 292 g/mol. The molecule has 3 N–H and O–H groups in total. The maximum Gasteiger partial charge on any atom is 0.321 e. The molecule has 110 valence electrons. The van der Waals surface area contributed by atoms with Crippen LogP contribution in [0.3, 0.4) is 0 Å². The molecule has 2 heterocycles. The Morgan fingerprint density at radius 3 is 2.62 bits per heavy atom. The summed E-state index contributed by atoms with van der Waals surface area (Å²) in [6, 6.07) is 6.43. The van der Waals surface area contributed by atoms with Crippen molar-refractivity contribution in [2.24, 2.45) is 0 Å². The molecule has 0 radical (unpaired) electrons. The maximum atomic E-state index is 11.9. The standard InChI is InChI=1S/C13H14N4O3S/c18-11(10-7-21-13(20)16-10)15-8-1-3-9(4-2-8)17-6-5-14-12(17)19/h1-4,10H,5-7H2,(H,14,19)(H,15,18)(H,16,20). The fraction of sp³-hybridized carbons (Fsp3) is 0.308. The van der Waals surface area contributed by atoms with Gasteiger partial charge in [-0.2, -0.15) is 0 Å². The third-order valence-electron chi connectivity index (χ3n) is 3.29. The molecule has 0 bridgehead atoms. The SMILES string of the molecule is O=C1NC(C(=O)Nc2ccc(N3CCNC3=O)cc2)CS1. The van der Waals surface area contributed by atoms with Crippen LogP contribution in [0.15, 0.2) is 24.3 Å². The van der Waals surface area contributed by atoms with Crippen LogP contribution >= 0.6 is 11.8 Å². The lowest BCUT2D eigenvalue weighted by atomic mass is 10.2. The van der Waals surface area contributed by atoms with Crippen molar-refractivity contribution >= 4 is 40.3 Å². The lowest BCUT2D eigenvalue weighted by molar-refractivity contribution is -0.117. The molecule has 1 atom stereocenters. The van der Waals surface area contributed by atoms with Gasteiger partial charge in [-0.3, -0.25) is 14.5 Å². The number of rotatable bonds is 3. The van der Waals surface area contributed by atoms with Gasteiger partial charge in [-0.05, 0) is 24.3 Å². The van der Waals surface area contributed by atoms with Gasteiger partial charge in [-0.15, -0.1) is 0 Å². The number of nitrogens with zero attached hydrogens (tertiary/aromatic N) is 1. The summed E-state index contributed by atoms with van der Waals surface area (Å²) < 4.78 is 0. The van der Waals surface area contributed by atoms with Crippen LogP contribution < -0.4 is 20.9 Å². The minimum Gasteiger partial charge on any atom is -0.336 e. The average molecular weight is 306 g/mol. The maximum absolute atomic E-state index is 11.9. The van der Waals surface area contributed by atoms with Gasteiger partial charge in [0.05, 0.1) is 0 Å². The fourth-order valence-electron chi connectivity index (χ4n) is 2.20. The van der Waals surface area contributed by atoms with E-state index >= 15 is 0 Å². The van der Waals surface area contributed by atoms with Crippen LogP contribution in [0.1, 0.15) is 0 Å². The first-order chi connectivity index (χ1) is 10.1. The summed E-state index contributed by atoms with van der Waals surface area (Å²) in [6.45, 7) is 1.27. The van der Waals surface area contributed by atoms with Gasteiger partial charge in [0.25, 0.3) is 5.24 Å². The quantitative estimate of drug-likeness (QED) is 0.776. The smallest absolute Gasteiger partial charge is 0.321 e. The van der Waals surface area contributed by atoms with E-state index in [0.717, 1.165) is 17.4 Å². The molecular formula is C13H14N4O3S. The Labute approximate surface area is 125 Å². The van der Waals surface area contributed by atoms with Gasteiger partial charge in [-0.25, -0.2) is 4.79 Å². The summed E-state index contributed by atoms with van der Waals surface area (Å²) in [4.78, 5) is 36.2. The molecule has 1 aromatic carbocycles. The van der Waals surface area contributed by atoms with Crippen molar-refractivity contribution in [2.45, 2.75) is 6.04 Å². The van der Waals surface area contributed by atoms with E-state index in [9.17, 15) is 14.4 Å². The molecule has 1 unspecified atom stereocenters. The minimum atomic E-state index is -0.494. The monoisotopic (exact) mass is 306 g/mol. The number of nitrogens with one attached hydrogen (secondary N) is 3. The highest BCUT2D eigenvalue weighted by molar-refractivity contribution is 8.14. The molecule has 8 heteroatoms. The molecule has 7 nitrogen and oxygen atoms in total. The molecule has 0 spiro atoms. The molecule has 1 aromatic rings. The zero-order valence-corrected chi connectivity index (χ0v) is 11.9. The van der Waals surface area contributed by atoms with E-state index in [2.05, 4.69) is 16.0 Å². The van der Waals surface area contributed by atoms with Gasteiger partial charge < -0.3 is 16.0 Å². The molecule has 2 aliphatic rings. The second-order valence-electron chi connectivity index (χ2n) is 4.72. The summed E-state index contributed by atoms with van der Waals surface area (Å²) in [6.07, 6.45) is 0. The van der Waals surface area contributed by atoms with E-state index in [0.29, 0.717) is 24.5 Å². The first-order valence-corrected chi connectivity index (χ1v) is 7.51. The number of thioether (sulfide) groups is 1. The predicted octanol–water partition coefficient (Wildman–Crippen LogP) is 0.980. The zero-order chi connectivity index (χ0) is 14.8. The van der Waals surface area contributed by atoms with Gasteiger partial charge in [0, 0.05) is 30.2 Å². The third kappa shape index (κ3) is 2.94. The first kappa shape index (κ1) is 13.7. The van der Waals surface area contributed by atoms with E-state index in [1.54, 1.807) is 29.2 Å². The van der Waals surface area contributed by atoms with Crippen LogP contribution in [0.4, 0.5) is 21.0 Å². The molecule has 0 aromatic heterocycles. The number of carbonyl (C=O) groups is 3. The van der Waals surface area contributed by atoms with Crippen LogP contribution in [0.25, 0.3) is 0 Å². The van der Waals surface area contributed by atoms with Crippen molar-refractivity contribution in [1.82, 2.24) is 10.6 Å². The summed E-state index contributed by atoms with van der Waals surface area (Å²) in [5, 5.41) is 7.89. The first-order valence-electron chi connectivity index (χ1n) is 6.53. The second-order valence-corrected chi connectivity index (χ2v) is 5.71. The summed E-state index contributed by atoms with van der Waals surface area (Å²) >= 11 is 1.10. The van der Waals surface area contributed by atoms with Crippen LogP contribution in [0.5, 0.6) is 0 Å². The highest BCUT2D eigenvalue weighted by Crippen LogP contribution is 2.20. The van der Waals surface area contributed by atoms with Crippen molar-refractivity contribution in [2.75, 3.05) is 29.1 Å². The van der Waals surface area contributed by atoms with E-state index in [-0.39, 0.29) is 17.2 Å². The van der Waals surface area contributed by atoms with Crippen molar-refractivity contribution in [3.63, 3.8) is 0 Å². The average Bonchev–Trinajstić information content (AvgIpc) is 3.08. The number of hydrogen-bond donors (Lipinski definition) is 3. The molecule has 2 saturated heterocycles. The van der Waals surface area contributed by atoms with E-state index in [4.69, 9.17) is 0 Å². The van der Waals surface area contributed by atoms with Gasteiger partial charge in [0.1, 0.15) is 6.04 Å². The van der Waals surface area contributed by atoms with Gasteiger partial charge in [0.15, 0.2) is 0 Å². The topological polar surface area (TPSA) is 90.5 Å². The fourth-order valence-corrected chi connectivity index (χ4v) is 2.98. The highest BCUT2D eigenvalue weighted by Gasteiger charge is 2.28. The number of anilines is 2. The van der Waals surface area contributed by atoms with Gasteiger partial charge in [-0.1, -0.05) is 11.8 Å². The van der Waals surface area contributed by atoms with Crippen LogP contribution in [0, 0.1) is 0 Å². The Morgan fingerprint density at radius 1 is 1.29 bits per heavy atom. The molecule has 3 rings (SSSR count). The number of benzene rings is 1. The lowest BCUT2D eigenvalue weighted by Crippen LogP contribution is -2.38. The summed E-state index contributed by atoms with van der Waals surface area (Å²) in [5.74, 6) is 0.205. The molecule has 2 fully saturated rings. The Balaban J connectivity index is 1.63. The lowest BCUT2D eigenvalue weighted by Gasteiger charge is -2.15. The number of urea groups is 1. The van der Waals surface area contributed by atoms with Crippen molar-refractivity contribution < 1.29 is 14.4 Å². The molecule has 0 saturated carbocycles. The van der Waals surface area contributed by atoms with Crippen LogP contribution in [-0.4, -0.2) is 42.1 Å².